The molecule has 0 N–H and O–H groups in total. The topological polar surface area (TPSA) is 114 Å². The predicted molar refractivity (Wildman–Crippen MR) is 70.8 cm³/mol. The molecule has 9 nitrogen and oxygen atoms in total. The van der Waals surface area contributed by atoms with Crippen molar-refractivity contribution in [1.82, 2.24) is 9.78 Å². The van der Waals surface area contributed by atoms with Gasteiger partial charge in [-0.05, 0) is 20.8 Å². The van der Waals surface area contributed by atoms with E-state index >= 15 is 0 Å². The monoisotopic (exact) mass is 319 g/mol. The number of aromatic nitrogens is 2. The van der Waals surface area contributed by atoms with Crippen molar-refractivity contribution in [3.63, 3.8) is 0 Å². The third-order valence-corrected chi connectivity index (χ3v) is 2.92. The zero-order chi connectivity index (χ0) is 16.2. The van der Waals surface area contributed by atoms with Crippen molar-refractivity contribution < 1.29 is 24.0 Å². The molecule has 0 aliphatic carbocycles. The number of halogens is 1. The second-order valence-corrected chi connectivity index (χ2v) is 4.38. The molecule has 1 heterocycles. The van der Waals surface area contributed by atoms with Crippen molar-refractivity contribution >= 4 is 29.2 Å². The first-order chi connectivity index (χ1) is 9.78. The quantitative estimate of drug-likeness (QED) is 0.336. The summed E-state index contributed by atoms with van der Waals surface area (Å²) < 4.78 is 10.4. The van der Waals surface area contributed by atoms with Crippen LogP contribution < -0.4 is 0 Å². The smallest absolute Gasteiger partial charge is 0.345 e. The molecule has 0 aliphatic rings. The SMILES string of the molecule is CCOC(=O)C(C)(C(=O)OCC)n1cc([N+](=O)[O-])c(Cl)n1. The number of carbonyl (C=O) groups excluding carboxylic acids is 2. The number of hydrogen-bond donors (Lipinski definition) is 0. The van der Waals surface area contributed by atoms with Crippen LogP contribution in [0.2, 0.25) is 5.15 Å². The van der Waals surface area contributed by atoms with E-state index < -0.39 is 33.2 Å². The van der Waals surface area contributed by atoms with Crippen molar-refractivity contribution in [3.05, 3.63) is 21.5 Å². The summed E-state index contributed by atoms with van der Waals surface area (Å²) in [6, 6.07) is 0. The standard InChI is InChI=1S/C11H14ClN3O6/c1-4-20-9(16)11(3,10(17)21-5-2)14-6-7(15(18)19)8(12)13-14/h6H,4-5H2,1-3H3. The van der Waals surface area contributed by atoms with Gasteiger partial charge >= 0.3 is 17.6 Å². The Labute approximate surface area is 124 Å². The molecular weight excluding hydrogens is 306 g/mol. The molecule has 0 saturated heterocycles. The number of nitrogens with zero attached hydrogens (tertiary/aromatic N) is 3. The number of hydrogen-bond acceptors (Lipinski definition) is 7. The molecular formula is C11H14ClN3O6. The molecule has 0 unspecified atom stereocenters. The van der Waals surface area contributed by atoms with E-state index in [1.165, 1.54) is 6.92 Å². The molecule has 0 amide bonds. The lowest BCUT2D eigenvalue weighted by molar-refractivity contribution is -0.384. The molecule has 21 heavy (non-hydrogen) atoms. The molecule has 0 saturated carbocycles. The van der Waals surface area contributed by atoms with E-state index in [1.807, 2.05) is 0 Å². The highest BCUT2D eigenvalue weighted by Gasteiger charge is 2.48. The third kappa shape index (κ3) is 3.13. The van der Waals surface area contributed by atoms with Gasteiger partial charge in [-0.25, -0.2) is 14.3 Å². The molecule has 0 aliphatic heterocycles. The Morgan fingerprint density at radius 1 is 1.38 bits per heavy atom. The minimum atomic E-state index is -2.00. The van der Waals surface area contributed by atoms with Gasteiger partial charge in [0.05, 0.1) is 18.1 Å². The Morgan fingerprint density at radius 3 is 2.19 bits per heavy atom. The average molecular weight is 320 g/mol. The Morgan fingerprint density at radius 2 is 1.86 bits per heavy atom. The zero-order valence-corrected chi connectivity index (χ0v) is 12.4. The Bertz CT molecular complexity index is 552. The van der Waals surface area contributed by atoms with Gasteiger partial charge in [0, 0.05) is 0 Å². The molecule has 10 heteroatoms. The van der Waals surface area contributed by atoms with Gasteiger partial charge < -0.3 is 9.47 Å². The molecule has 116 valence electrons. The van der Waals surface area contributed by atoms with Crippen molar-refractivity contribution in [2.45, 2.75) is 26.3 Å². The molecule has 0 fully saturated rings. The number of ether oxygens (including phenoxy) is 2. The van der Waals surface area contributed by atoms with Crippen LogP contribution in [-0.2, 0) is 24.6 Å². The minimum Gasteiger partial charge on any atom is -0.464 e. The van der Waals surface area contributed by atoms with Crippen LogP contribution in [0.1, 0.15) is 20.8 Å². The van der Waals surface area contributed by atoms with Crippen LogP contribution in [0.15, 0.2) is 6.20 Å². The van der Waals surface area contributed by atoms with Gasteiger partial charge in [0.1, 0.15) is 6.20 Å². The van der Waals surface area contributed by atoms with Crippen molar-refractivity contribution in [3.8, 4) is 0 Å². The summed E-state index contributed by atoms with van der Waals surface area (Å²) in [7, 11) is 0. The van der Waals surface area contributed by atoms with Gasteiger partial charge in [-0.3, -0.25) is 10.1 Å². The second kappa shape index (κ2) is 6.53. The fraction of sp³-hybridized carbons (Fsp3) is 0.545. The normalized spacial score (nSPS) is 11.0. The van der Waals surface area contributed by atoms with E-state index in [1.54, 1.807) is 13.8 Å². The van der Waals surface area contributed by atoms with Gasteiger partial charge in [0.25, 0.3) is 5.54 Å². The molecule has 1 rings (SSSR count). The van der Waals surface area contributed by atoms with E-state index in [4.69, 9.17) is 21.1 Å². The summed E-state index contributed by atoms with van der Waals surface area (Å²) in [6.45, 7) is 4.34. The summed E-state index contributed by atoms with van der Waals surface area (Å²) >= 11 is 5.63. The summed E-state index contributed by atoms with van der Waals surface area (Å²) in [5.74, 6) is -1.89. The van der Waals surface area contributed by atoms with E-state index in [2.05, 4.69) is 5.10 Å². The Kier molecular flexibility index (Phi) is 5.25. The molecule has 1 aromatic heterocycles. The zero-order valence-electron chi connectivity index (χ0n) is 11.7. The lowest BCUT2D eigenvalue weighted by atomic mass is 10.0. The van der Waals surface area contributed by atoms with Crippen LogP contribution in [0.3, 0.4) is 0 Å². The van der Waals surface area contributed by atoms with Crippen molar-refractivity contribution in [2.75, 3.05) is 13.2 Å². The number of esters is 2. The minimum absolute atomic E-state index is 0.0188. The third-order valence-electron chi connectivity index (χ3n) is 2.65. The highest BCUT2D eigenvalue weighted by molar-refractivity contribution is 6.31. The molecule has 0 radical (unpaired) electrons. The fourth-order valence-electron chi connectivity index (χ4n) is 1.51. The molecule has 0 bridgehead atoms. The van der Waals surface area contributed by atoms with Crippen molar-refractivity contribution in [1.29, 1.82) is 0 Å². The van der Waals surface area contributed by atoms with Gasteiger partial charge in [0.15, 0.2) is 0 Å². The molecule has 0 spiro atoms. The lowest BCUT2D eigenvalue weighted by Gasteiger charge is -2.24. The van der Waals surface area contributed by atoms with Crippen LogP contribution in [0.25, 0.3) is 0 Å². The first-order valence-corrected chi connectivity index (χ1v) is 6.41. The number of carbonyl (C=O) groups is 2. The Balaban J connectivity index is 3.36. The van der Waals surface area contributed by atoms with E-state index in [-0.39, 0.29) is 13.2 Å². The van der Waals surface area contributed by atoms with E-state index in [9.17, 15) is 19.7 Å². The number of rotatable bonds is 6. The largest absolute Gasteiger partial charge is 0.464 e. The summed E-state index contributed by atoms with van der Waals surface area (Å²) in [5.41, 5.74) is -2.53. The van der Waals surface area contributed by atoms with Gasteiger partial charge in [-0.2, -0.15) is 5.10 Å². The molecule has 0 aromatic carbocycles. The lowest BCUT2D eigenvalue weighted by Crippen LogP contribution is -2.49. The second-order valence-electron chi connectivity index (χ2n) is 4.02. The first-order valence-electron chi connectivity index (χ1n) is 6.03. The maximum absolute atomic E-state index is 12.1. The highest BCUT2D eigenvalue weighted by atomic mass is 35.5. The predicted octanol–water partition coefficient (Wildman–Crippen LogP) is 1.29. The highest BCUT2D eigenvalue weighted by Crippen LogP contribution is 2.28. The van der Waals surface area contributed by atoms with Gasteiger partial charge in [-0.15, -0.1) is 0 Å². The number of nitro groups is 1. The average Bonchev–Trinajstić information content (AvgIpc) is 2.80. The van der Waals surface area contributed by atoms with Crippen LogP contribution >= 0.6 is 11.6 Å². The first kappa shape index (κ1) is 16.9. The molecule has 1 aromatic rings. The van der Waals surface area contributed by atoms with E-state index in [0.29, 0.717) is 0 Å². The summed E-state index contributed by atoms with van der Waals surface area (Å²) in [4.78, 5) is 34.2. The van der Waals surface area contributed by atoms with Crippen LogP contribution in [-0.4, -0.2) is 39.9 Å². The summed E-state index contributed by atoms with van der Waals surface area (Å²) in [6.07, 6.45) is 0.885. The van der Waals surface area contributed by atoms with Crippen LogP contribution in [0.5, 0.6) is 0 Å². The van der Waals surface area contributed by atoms with Gasteiger partial charge in [-0.1, -0.05) is 11.6 Å². The Hall–Kier alpha value is -2.16. The fourth-order valence-corrected chi connectivity index (χ4v) is 1.71. The van der Waals surface area contributed by atoms with E-state index in [0.717, 1.165) is 10.9 Å². The maximum Gasteiger partial charge on any atom is 0.345 e. The molecule has 0 atom stereocenters. The maximum atomic E-state index is 12.1. The van der Waals surface area contributed by atoms with Gasteiger partial charge in [0.2, 0.25) is 5.15 Å². The van der Waals surface area contributed by atoms with Crippen LogP contribution in [0.4, 0.5) is 5.69 Å². The van der Waals surface area contributed by atoms with Crippen LogP contribution in [0, 0.1) is 10.1 Å². The van der Waals surface area contributed by atoms with Crippen molar-refractivity contribution in [2.24, 2.45) is 0 Å². The summed E-state index contributed by atoms with van der Waals surface area (Å²) in [5, 5.41) is 14.0.